The number of carbonyl (C=O) groups excluding carboxylic acids is 1. The second kappa shape index (κ2) is 6.04. The predicted molar refractivity (Wildman–Crippen MR) is 51.9 cm³/mol. The fourth-order valence-corrected chi connectivity index (χ4v) is 1.38. The molecule has 0 saturated carbocycles. The second-order valence-corrected chi connectivity index (χ2v) is 3.35. The first-order valence-electron chi connectivity index (χ1n) is 4.97. The van der Waals surface area contributed by atoms with Gasteiger partial charge in [-0.15, -0.1) is 0 Å². The molecule has 1 fully saturated rings. The van der Waals surface area contributed by atoms with Gasteiger partial charge < -0.3 is 5.32 Å². The van der Waals surface area contributed by atoms with Crippen molar-refractivity contribution < 1.29 is 4.79 Å². The minimum absolute atomic E-state index is 0.227. The summed E-state index contributed by atoms with van der Waals surface area (Å²) in [5.41, 5.74) is 0. The van der Waals surface area contributed by atoms with Crippen molar-refractivity contribution in [3.8, 4) is 0 Å². The molecule has 0 spiro atoms. The molecular weight excluding hydrogens is 150 g/mol. The van der Waals surface area contributed by atoms with Crippen LogP contribution in [0, 0.1) is 11.8 Å². The van der Waals surface area contributed by atoms with Crippen LogP contribution in [0.2, 0.25) is 0 Å². The molecule has 1 saturated heterocycles. The smallest absolute Gasteiger partial charge is 0.220 e. The highest BCUT2D eigenvalue weighted by Gasteiger charge is 2.20. The summed E-state index contributed by atoms with van der Waals surface area (Å²) in [7, 11) is 0. The van der Waals surface area contributed by atoms with E-state index in [1.54, 1.807) is 0 Å². The molecule has 0 aromatic carbocycles. The summed E-state index contributed by atoms with van der Waals surface area (Å²) in [6, 6.07) is 0. The molecule has 1 heterocycles. The third-order valence-corrected chi connectivity index (χ3v) is 2.23. The summed E-state index contributed by atoms with van der Waals surface area (Å²) in [5.74, 6) is 1.50. The molecule has 0 aromatic rings. The van der Waals surface area contributed by atoms with E-state index in [0.717, 1.165) is 19.4 Å². The van der Waals surface area contributed by atoms with Crippen LogP contribution in [0.1, 0.15) is 40.5 Å². The lowest BCUT2D eigenvalue weighted by Crippen LogP contribution is -2.35. The third-order valence-electron chi connectivity index (χ3n) is 2.23. The molecule has 1 N–H and O–H groups in total. The summed E-state index contributed by atoms with van der Waals surface area (Å²) < 4.78 is 0. The minimum atomic E-state index is 0.227. The zero-order valence-electron chi connectivity index (χ0n) is 8.68. The van der Waals surface area contributed by atoms with Crippen molar-refractivity contribution in [2.24, 2.45) is 11.8 Å². The SMILES string of the molecule is CC.CC(C)C1CCNC(=O)C1. The van der Waals surface area contributed by atoms with E-state index in [2.05, 4.69) is 19.2 Å². The van der Waals surface area contributed by atoms with Crippen LogP contribution in [0.3, 0.4) is 0 Å². The third kappa shape index (κ3) is 3.74. The van der Waals surface area contributed by atoms with E-state index < -0.39 is 0 Å². The van der Waals surface area contributed by atoms with Gasteiger partial charge in [0.2, 0.25) is 5.91 Å². The van der Waals surface area contributed by atoms with Crippen LogP contribution in [0.15, 0.2) is 0 Å². The van der Waals surface area contributed by atoms with Gasteiger partial charge in [-0.05, 0) is 18.3 Å². The van der Waals surface area contributed by atoms with Gasteiger partial charge in [0.25, 0.3) is 0 Å². The van der Waals surface area contributed by atoms with Gasteiger partial charge in [-0.25, -0.2) is 0 Å². The van der Waals surface area contributed by atoms with E-state index in [1.807, 2.05) is 13.8 Å². The van der Waals surface area contributed by atoms with E-state index in [4.69, 9.17) is 0 Å². The van der Waals surface area contributed by atoms with Crippen molar-refractivity contribution >= 4 is 5.91 Å². The van der Waals surface area contributed by atoms with E-state index >= 15 is 0 Å². The van der Waals surface area contributed by atoms with Crippen LogP contribution in [0.5, 0.6) is 0 Å². The quantitative estimate of drug-likeness (QED) is 0.644. The highest BCUT2D eigenvalue weighted by Crippen LogP contribution is 2.20. The number of carbonyl (C=O) groups is 1. The average molecular weight is 171 g/mol. The van der Waals surface area contributed by atoms with E-state index in [1.165, 1.54) is 0 Å². The van der Waals surface area contributed by atoms with Gasteiger partial charge in [0.15, 0.2) is 0 Å². The number of rotatable bonds is 1. The van der Waals surface area contributed by atoms with Gasteiger partial charge in [0.05, 0.1) is 0 Å². The highest BCUT2D eigenvalue weighted by molar-refractivity contribution is 5.76. The lowest BCUT2D eigenvalue weighted by atomic mass is 9.87. The Bertz CT molecular complexity index is 132. The molecule has 1 aliphatic rings. The Morgan fingerprint density at radius 3 is 2.33 bits per heavy atom. The topological polar surface area (TPSA) is 29.1 Å². The largest absolute Gasteiger partial charge is 0.356 e. The molecule has 2 nitrogen and oxygen atoms in total. The molecule has 0 radical (unpaired) electrons. The molecule has 1 atom stereocenters. The number of hydrogen-bond donors (Lipinski definition) is 1. The molecule has 0 aliphatic carbocycles. The molecule has 1 amide bonds. The summed E-state index contributed by atoms with van der Waals surface area (Å²) in [6.07, 6.45) is 1.89. The van der Waals surface area contributed by atoms with Crippen LogP contribution >= 0.6 is 0 Å². The van der Waals surface area contributed by atoms with Crippen molar-refractivity contribution in [2.45, 2.75) is 40.5 Å². The monoisotopic (exact) mass is 171 g/mol. The van der Waals surface area contributed by atoms with Crippen molar-refractivity contribution in [1.82, 2.24) is 5.32 Å². The van der Waals surface area contributed by atoms with Gasteiger partial charge in [-0.3, -0.25) is 4.79 Å². The summed E-state index contributed by atoms with van der Waals surface area (Å²) in [5, 5.41) is 2.83. The Hall–Kier alpha value is -0.530. The first kappa shape index (κ1) is 11.5. The van der Waals surface area contributed by atoms with Crippen LogP contribution in [0.25, 0.3) is 0 Å². The maximum atomic E-state index is 10.9. The molecule has 1 rings (SSSR count). The minimum Gasteiger partial charge on any atom is -0.356 e. The van der Waals surface area contributed by atoms with Crippen LogP contribution < -0.4 is 5.32 Å². The van der Waals surface area contributed by atoms with Gasteiger partial charge in [0.1, 0.15) is 0 Å². The first-order chi connectivity index (χ1) is 5.70. The summed E-state index contributed by atoms with van der Waals surface area (Å²) in [4.78, 5) is 10.9. The lowest BCUT2D eigenvalue weighted by Gasteiger charge is -2.24. The molecule has 2 heteroatoms. The Balaban J connectivity index is 0.000000561. The van der Waals surface area contributed by atoms with Crippen LogP contribution in [0.4, 0.5) is 0 Å². The Morgan fingerprint density at radius 2 is 2.00 bits per heavy atom. The molecule has 12 heavy (non-hydrogen) atoms. The fourth-order valence-electron chi connectivity index (χ4n) is 1.38. The molecule has 72 valence electrons. The van der Waals surface area contributed by atoms with Gasteiger partial charge in [-0.2, -0.15) is 0 Å². The maximum absolute atomic E-state index is 10.9. The van der Waals surface area contributed by atoms with Crippen LogP contribution in [-0.4, -0.2) is 12.5 Å². The normalized spacial score (nSPS) is 22.8. The zero-order chi connectivity index (χ0) is 9.56. The predicted octanol–water partition coefficient (Wildman–Crippen LogP) is 2.19. The standard InChI is InChI=1S/C8H15NO.C2H6/c1-6(2)7-3-4-9-8(10)5-7;1-2/h6-7H,3-5H2,1-2H3,(H,9,10);1-2H3. The highest BCUT2D eigenvalue weighted by atomic mass is 16.1. The molecular formula is C10H21NO. The summed E-state index contributed by atoms with van der Waals surface area (Å²) in [6.45, 7) is 9.24. The lowest BCUT2D eigenvalue weighted by molar-refractivity contribution is -0.123. The number of hydrogen-bond acceptors (Lipinski definition) is 1. The van der Waals surface area contributed by atoms with Crippen molar-refractivity contribution in [3.63, 3.8) is 0 Å². The maximum Gasteiger partial charge on any atom is 0.220 e. The number of amides is 1. The van der Waals surface area contributed by atoms with Crippen molar-refractivity contribution in [3.05, 3.63) is 0 Å². The van der Waals surface area contributed by atoms with Gasteiger partial charge >= 0.3 is 0 Å². The second-order valence-electron chi connectivity index (χ2n) is 3.35. The molecule has 0 aromatic heterocycles. The van der Waals surface area contributed by atoms with Gasteiger partial charge in [0, 0.05) is 13.0 Å². The van der Waals surface area contributed by atoms with E-state index in [9.17, 15) is 4.79 Å². The average Bonchev–Trinajstić information content (AvgIpc) is 2.08. The van der Waals surface area contributed by atoms with Crippen molar-refractivity contribution in [2.75, 3.05) is 6.54 Å². The van der Waals surface area contributed by atoms with E-state index in [0.29, 0.717) is 11.8 Å². The van der Waals surface area contributed by atoms with Gasteiger partial charge in [-0.1, -0.05) is 27.7 Å². The Kier molecular flexibility index (Phi) is 5.77. The van der Waals surface area contributed by atoms with Crippen LogP contribution in [-0.2, 0) is 4.79 Å². The Labute approximate surface area is 75.7 Å². The first-order valence-corrected chi connectivity index (χ1v) is 4.97. The molecule has 1 unspecified atom stereocenters. The van der Waals surface area contributed by atoms with Crippen molar-refractivity contribution in [1.29, 1.82) is 0 Å². The fraction of sp³-hybridized carbons (Fsp3) is 0.900. The molecule has 1 aliphatic heterocycles. The molecule has 0 bridgehead atoms. The Morgan fingerprint density at radius 1 is 1.42 bits per heavy atom. The zero-order valence-corrected chi connectivity index (χ0v) is 8.68. The number of piperidine rings is 1. The van der Waals surface area contributed by atoms with E-state index in [-0.39, 0.29) is 5.91 Å². The number of nitrogens with one attached hydrogen (secondary N) is 1. The summed E-state index contributed by atoms with van der Waals surface area (Å²) >= 11 is 0.